The summed E-state index contributed by atoms with van der Waals surface area (Å²) in [5.74, 6) is -0.488. The molecule has 7 nitrogen and oxygen atoms in total. The van der Waals surface area contributed by atoms with Crippen LogP contribution in [0.3, 0.4) is 0 Å². The molecule has 3 aromatic rings. The smallest absolute Gasteiger partial charge is 0.243 e. The first-order valence-electron chi connectivity index (χ1n) is 10.3. The van der Waals surface area contributed by atoms with Crippen LogP contribution in [0.25, 0.3) is 10.9 Å². The number of sulfonamides is 1. The summed E-state index contributed by atoms with van der Waals surface area (Å²) >= 11 is 0. The fourth-order valence-electron chi connectivity index (χ4n) is 3.96. The summed E-state index contributed by atoms with van der Waals surface area (Å²) in [7, 11) is -3.65. The van der Waals surface area contributed by atoms with E-state index in [4.69, 9.17) is 0 Å². The second-order valence-corrected chi connectivity index (χ2v) is 9.50. The van der Waals surface area contributed by atoms with E-state index in [0.29, 0.717) is 25.9 Å². The van der Waals surface area contributed by atoms with Crippen LogP contribution in [0.15, 0.2) is 59.8 Å². The van der Waals surface area contributed by atoms with E-state index < -0.39 is 10.0 Å². The van der Waals surface area contributed by atoms with Gasteiger partial charge in [0.25, 0.3) is 0 Å². The van der Waals surface area contributed by atoms with Crippen LogP contribution in [0, 0.1) is 5.92 Å². The number of amides is 1. The molecule has 158 valence electrons. The number of hydrogen-bond acceptors (Lipinski definition) is 4. The Bertz CT molecular complexity index is 1140. The standard InChI is InChI=1S/C22H26N4O3S/c1-2-25-13-10-17-14-20(8-9-21(17)25)30(28,29)26-12-5-6-18(16-26)22(27)24-15-19-7-3-4-11-23-19/h3-4,7-11,13-14,18H,2,5-6,12,15-16H2,1H3,(H,24,27)/t18-/m0/s1. The molecule has 2 aromatic heterocycles. The Balaban J connectivity index is 1.47. The molecule has 8 heteroatoms. The molecule has 0 unspecified atom stereocenters. The molecule has 0 aliphatic carbocycles. The molecule has 1 aliphatic heterocycles. The van der Waals surface area contributed by atoms with Crippen molar-refractivity contribution >= 4 is 26.8 Å². The number of hydrogen-bond donors (Lipinski definition) is 1. The van der Waals surface area contributed by atoms with Crippen molar-refractivity contribution in [3.8, 4) is 0 Å². The Kier molecular flexibility index (Phi) is 5.87. The molecule has 1 amide bonds. The van der Waals surface area contributed by atoms with Gasteiger partial charge >= 0.3 is 0 Å². The molecular formula is C22H26N4O3S. The second kappa shape index (κ2) is 8.57. The normalized spacial score (nSPS) is 17.8. The number of pyridine rings is 1. The molecule has 1 fully saturated rings. The number of carbonyl (C=O) groups is 1. The highest BCUT2D eigenvalue weighted by Gasteiger charge is 2.33. The van der Waals surface area contributed by atoms with E-state index in [9.17, 15) is 13.2 Å². The number of fused-ring (bicyclic) bond motifs is 1. The van der Waals surface area contributed by atoms with Crippen LogP contribution in [0.1, 0.15) is 25.5 Å². The Labute approximate surface area is 176 Å². The Hall–Kier alpha value is -2.71. The number of piperidine rings is 1. The summed E-state index contributed by atoms with van der Waals surface area (Å²) < 4.78 is 30.0. The zero-order valence-corrected chi connectivity index (χ0v) is 17.8. The first-order chi connectivity index (χ1) is 14.5. The molecule has 0 bridgehead atoms. The lowest BCUT2D eigenvalue weighted by Gasteiger charge is -2.31. The van der Waals surface area contributed by atoms with Crippen molar-refractivity contribution in [2.24, 2.45) is 5.92 Å². The average Bonchev–Trinajstić information content (AvgIpc) is 3.20. The molecule has 1 atom stereocenters. The predicted octanol–water partition coefficient (Wildman–Crippen LogP) is 2.77. The number of nitrogens with zero attached hydrogens (tertiary/aromatic N) is 3. The predicted molar refractivity (Wildman–Crippen MR) is 115 cm³/mol. The van der Waals surface area contributed by atoms with E-state index in [1.165, 1.54) is 4.31 Å². The maximum atomic E-state index is 13.2. The van der Waals surface area contributed by atoms with Crippen LogP contribution in [-0.4, -0.2) is 41.3 Å². The maximum Gasteiger partial charge on any atom is 0.243 e. The SMILES string of the molecule is CCn1ccc2cc(S(=O)(=O)N3CCC[C@H](C(=O)NCc4ccccn4)C3)ccc21. The molecule has 4 rings (SSSR count). The quantitative estimate of drug-likeness (QED) is 0.657. The van der Waals surface area contributed by atoms with E-state index in [1.807, 2.05) is 36.5 Å². The van der Waals surface area contributed by atoms with Crippen LogP contribution in [-0.2, 0) is 27.9 Å². The lowest BCUT2D eigenvalue weighted by atomic mass is 9.99. The molecule has 3 heterocycles. The maximum absolute atomic E-state index is 13.2. The van der Waals surface area contributed by atoms with Gasteiger partial charge in [-0.15, -0.1) is 0 Å². The minimum Gasteiger partial charge on any atom is -0.350 e. The Morgan fingerprint density at radius 3 is 2.87 bits per heavy atom. The highest BCUT2D eigenvalue weighted by molar-refractivity contribution is 7.89. The summed E-state index contributed by atoms with van der Waals surface area (Å²) in [6.45, 7) is 3.85. The van der Waals surface area contributed by atoms with Crippen molar-refractivity contribution in [2.75, 3.05) is 13.1 Å². The second-order valence-electron chi connectivity index (χ2n) is 7.56. The third kappa shape index (κ3) is 4.11. The summed E-state index contributed by atoms with van der Waals surface area (Å²) in [4.78, 5) is 17.1. The first-order valence-corrected chi connectivity index (χ1v) is 11.7. The highest BCUT2D eigenvalue weighted by atomic mass is 32.2. The lowest BCUT2D eigenvalue weighted by Crippen LogP contribution is -2.45. The number of aryl methyl sites for hydroxylation is 1. The van der Waals surface area contributed by atoms with Crippen molar-refractivity contribution in [3.63, 3.8) is 0 Å². The van der Waals surface area contributed by atoms with Gasteiger partial charge in [0, 0.05) is 42.9 Å². The molecule has 1 aromatic carbocycles. The van der Waals surface area contributed by atoms with E-state index in [2.05, 4.69) is 21.8 Å². The topological polar surface area (TPSA) is 84.3 Å². The van der Waals surface area contributed by atoms with Gasteiger partial charge < -0.3 is 9.88 Å². The van der Waals surface area contributed by atoms with Gasteiger partial charge in [0.2, 0.25) is 15.9 Å². The summed E-state index contributed by atoms with van der Waals surface area (Å²) in [6.07, 6.45) is 4.99. The summed E-state index contributed by atoms with van der Waals surface area (Å²) in [5, 5.41) is 3.79. The lowest BCUT2D eigenvalue weighted by molar-refractivity contribution is -0.126. The van der Waals surface area contributed by atoms with E-state index in [1.54, 1.807) is 18.3 Å². The van der Waals surface area contributed by atoms with Crippen molar-refractivity contribution in [3.05, 3.63) is 60.6 Å². The van der Waals surface area contributed by atoms with Crippen LogP contribution in [0.4, 0.5) is 0 Å². The van der Waals surface area contributed by atoms with Crippen LogP contribution < -0.4 is 5.32 Å². The van der Waals surface area contributed by atoms with Gasteiger partial charge in [0.05, 0.1) is 23.1 Å². The van der Waals surface area contributed by atoms with Crippen LogP contribution >= 0.6 is 0 Å². The highest BCUT2D eigenvalue weighted by Crippen LogP contribution is 2.27. The van der Waals surface area contributed by atoms with Gasteiger partial charge in [-0.05, 0) is 56.2 Å². The van der Waals surface area contributed by atoms with Crippen molar-refractivity contribution in [2.45, 2.75) is 37.8 Å². The van der Waals surface area contributed by atoms with Crippen molar-refractivity contribution in [1.29, 1.82) is 0 Å². The summed E-state index contributed by atoms with van der Waals surface area (Å²) in [5.41, 5.74) is 1.79. The van der Waals surface area contributed by atoms with E-state index >= 15 is 0 Å². The fourth-order valence-corrected chi connectivity index (χ4v) is 5.52. The van der Waals surface area contributed by atoms with Gasteiger partial charge in [0.1, 0.15) is 0 Å². The first kappa shape index (κ1) is 20.6. The monoisotopic (exact) mass is 426 g/mol. The molecule has 1 saturated heterocycles. The molecule has 1 aliphatic rings. The number of benzene rings is 1. The Morgan fingerprint density at radius 2 is 2.10 bits per heavy atom. The molecule has 30 heavy (non-hydrogen) atoms. The van der Waals surface area contributed by atoms with E-state index in [-0.39, 0.29) is 23.3 Å². The molecular weight excluding hydrogens is 400 g/mol. The van der Waals surface area contributed by atoms with Crippen molar-refractivity contribution in [1.82, 2.24) is 19.2 Å². The fraction of sp³-hybridized carbons (Fsp3) is 0.364. The minimum absolute atomic E-state index is 0.129. The third-order valence-electron chi connectivity index (χ3n) is 5.65. The number of carbonyl (C=O) groups excluding carboxylic acids is 1. The Morgan fingerprint density at radius 1 is 1.23 bits per heavy atom. The van der Waals surface area contributed by atoms with Gasteiger partial charge in [-0.3, -0.25) is 9.78 Å². The van der Waals surface area contributed by atoms with E-state index in [0.717, 1.165) is 23.1 Å². The minimum atomic E-state index is -3.65. The van der Waals surface area contributed by atoms with Gasteiger partial charge in [0.15, 0.2) is 0 Å². The van der Waals surface area contributed by atoms with Crippen LogP contribution in [0.5, 0.6) is 0 Å². The largest absolute Gasteiger partial charge is 0.350 e. The van der Waals surface area contributed by atoms with Crippen molar-refractivity contribution < 1.29 is 13.2 Å². The summed E-state index contributed by atoms with van der Waals surface area (Å²) in [6, 6.07) is 12.7. The number of rotatable bonds is 6. The molecule has 0 saturated carbocycles. The van der Waals surface area contributed by atoms with Gasteiger partial charge in [-0.2, -0.15) is 4.31 Å². The van der Waals surface area contributed by atoms with Gasteiger partial charge in [-0.1, -0.05) is 6.07 Å². The number of nitrogens with one attached hydrogen (secondary N) is 1. The third-order valence-corrected chi connectivity index (χ3v) is 7.51. The molecule has 0 radical (unpaired) electrons. The van der Waals surface area contributed by atoms with Gasteiger partial charge in [-0.25, -0.2) is 8.42 Å². The molecule has 1 N–H and O–H groups in total. The average molecular weight is 427 g/mol. The van der Waals surface area contributed by atoms with Crippen LogP contribution in [0.2, 0.25) is 0 Å². The zero-order chi connectivity index (χ0) is 21.1. The molecule has 0 spiro atoms. The zero-order valence-electron chi connectivity index (χ0n) is 17.0. The number of aromatic nitrogens is 2.